The Hall–Kier alpha value is 0.0500. The van der Waals surface area contributed by atoms with E-state index in [0.717, 1.165) is 29.8 Å². The molecule has 4 unspecified atom stereocenters. The Bertz CT molecular complexity index is 270. The lowest BCUT2D eigenvalue weighted by molar-refractivity contribution is 0.293. The van der Waals surface area contributed by atoms with E-state index in [1.54, 1.807) is 0 Å². The van der Waals surface area contributed by atoms with Crippen molar-refractivity contribution in [1.29, 1.82) is 0 Å². The third-order valence-electron chi connectivity index (χ3n) is 4.69. The summed E-state index contributed by atoms with van der Waals surface area (Å²) in [5.41, 5.74) is 0. The summed E-state index contributed by atoms with van der Waals surface area (Å²) in [6, 6.07) is 1.53. The molecule has 0 aromatic heterocycles. The number of allylic oxidation sites excluding steroid dienone is 2. The molecule has 4 atom stereocenters. The Morgan fingerprint density at radius 2 is 2.00 bits per heavy atom. The Morgan fingerprint density at radius 1 is 1.19 bits per heavy atom. The molecule has 0 spiro atoms. The van der Waals surface area contributed by atoms with E-state index in [0.29, 0.717) is 0 Å². The highest BCUT2D eigenvalue weighted by atomic mass is 32.2. The van der Waals surface area contributed by atoms with Crippen LogP contribution in [0.15, 0.2) is 12.2 Å². The van der Waals surface area contributed by atoms with Gasteiger partial charge in [0.1, 0.15) is 0 Å². The van der Waals surface area contributed by atoms with Crippen LogP contribution in [-0.4, -0.2) is 23.6 Å². The zero-order chi connectivity index (χ0) is 11.0. The first-order valence-corrected chi connectivity index (χ1v) is 8.00. The van der Waals surface area contributed by atoms with Gasteiger partial charge in [0.15, 0.2) is 0 Å². The minimum absolute atomic E-state index is 0.730. The van der Waals surface area contributed by atoms with Crippen LogP contribution < -0.4 is 5.32 Å². The van der Waals surface area contributed by atoms with Crippen molar-refractivity contribution in [3.8, 4) is 0 Å². The predicted octanol–water partition coefficient (Wildman–Crippen LogP) is 3.07. The molecule has 16 heavy (non-hydrogen) atoms. The molecular formula is C14H23NS. The monoisotopic (exact) mass is 237 g/mol. The second-order valence-electron chi connectivity index (χ2n) is 5.79. The number of hydrogen-bond acceptors (Lipinski definition) is 2. The van der Waals surface area contributed by atoms with Gasteiger partial charge in [-0.3, -0.25) is 0 Å². The van der Waals surface area contributed by atoms with Gasteiger partial charge >= 0.3 is 0 Å². The number of thioether (sulfide) groups is 1. The van der Waals surface area contributed by atoms with E-state index in [2.05, 4.69) is 36.2 Å². The molecule has 1 saturated heterocycles. The van der Waals surface area contributed by atoms with E-state index in [1.807, 2.05) is 0 Å². The van der Waals surface area contributed by atoms with Gasteiger partial charge in [0, 0.05) is 12.1 Å². The normalized spacial score (nSPS) is 40.4. The largest absolute Gasteiger partial charge is 0.311 e. The molecule has 0 aromatic carbocycles. The fourth-order valence-corrected chi connectivity index (χ4v) is 4.86. The molecule has 2 bridgehead atoms. The van der Waals surface area contributed by atoms with Gasteiger partial charge in [0.2, 0.25) is 0 Å². The third kappa shape index (κ3) is 2.19. The molecule has 2 fully saturated rings. The minimum Gasteiger partial charge on any atom is -0.311 e. The number of hydrogen-bond donors (Lipinski definition) is 1. The highest BCUT2D eigenvalue weighted by Gasteiger charge is 2.38. The maximum atomic E-state index is 3.90. The van der Waals surface area contributed by atoms with Crippen LogP contribution in [0.2, 0.25) is 0 Å². The Morgan fingerprint density at radius 3 is 2.62 bits per heavy atom. The van der Waals surface area contributed by atoms with Crippen molar-refractivity contribution in [2.24, 2.45) is 17.8 Å². The van der Waals surface area contributed by atoms with Gasteiger partial charge in [0.25, 0.3) is 0 Å². The smallest absolute Gasteiger partial charge is 0.00853 e. The standard InChI is InChI=1S/C14H23NS/c1-10(15-13-4-6-16-7-5-13)14-9-11-2-3-12(14)8-11/h2-3,10-15H,4-9H2,1H3. The summed E-state index contributed by atoms with van der Waals surface area (Å²) in [6.07, 6.45) is 10.6. The maximum absolute atomic E-state index is 3.90. The van der Waals surface area contributed by atoms with E-state index in [9.17, 15) is 0 Å². The molecule has 1 heterocycles. The van der Waals surface area contributed by atoms with Crippen LogP contribution in [0.4, 0.5) is 0 Å². The zero-order valence-electron chi connectivity index (χ0n) is 10.2. The van der Waals surface area contributed by atoms with E-state index in [-0.39, 0.29) is 0 Å². The molecule has 1 N–H and O–H groups in total. The van der Waals surface area contributed by atoms with E-state index in [4.69, 9.17) is 0 Å². The Kier molecular flexibility index (Phi) is 3.30. The van der Waals surface area contributed by atoms with Crippen molar-refractivity contribution in [3.05, 3.63) is 12.2 Å². The number of rotatable bonds is 3. The van der Waals surface area contributed by atoms with Crippen molar-refractivity contribution in [2.75, 3.05) is 11.5 Å². The molecular weight excluding hydrogens is 214 g/mol. The molecule has 90 valence electrons. The van der Waals surface area contributed by atoms with Crippen molar-refractivity contribution in [3.63, 3.8) is 0 Å². The fourth-order valence-electron chi connectivity index (χ4n) is 3.76. The lowest BCUT2D eigenvalue weighted by Crippen LogP contribution is -2.43. The highest BCUT2D eigenvalue weighted by molar-refractivity contribution is 7.99. The first kappa shape index (κ1) is 11.2. The lowest BCUT2D eigenvalue weighted by Gasteiger charge is -2.32. The number of fused-ring (bicyclic) bond motifs is 2. The van der Waals surface area contributed by atoms with Crippen LogP contribution in [0.1, 0.15) is 32.6 Å². The first-order valence-electron chi connectivity index (χ1n) is 6.85. The third-order valence-corrected chi connectivity index (χ3v) is 5.74. The average molecular weight is 237 g/mol. The minimum atomic E-state index is 0.730. The van der Waals surface area contributed by atoms with Crippen LogP contribution in [0.3, 0.4) is 0 Å². The maximum Gasteiger partial charge on any atom is 0.00853 e. The second kappa shape index (κ2) is 4.73. The predicted molar refractivity (Wildman–Crippen MR) is 71.8 cm³/mol. The molecule has 0 amide bonds. The first-order chi connectivity index (χ1) is 7.83. The van der Waals surface area contributed by atoms with Crippen molar-refractivity contribution >= 4 is 11.8 Å². The van der Waals surface area contributed by atoms with Crippen LogP contribution in [-0.2, 0) is 0 Å². The van der Waals surface area contributed by atoms with Gasteiger partial charge in [-0.1, -0.05) is 12.2 Å². The van der Waals surface area contributed by atoms with E-state index >= 15 is 0 Å². The summed E-state index contributed by atoms with van der Waals surface area (Å²) in [5, 5.41) is 3.90. The lowest BCUT2D eigenvalue weighted by atomic mass is 9.87. The molecule has 1 saturated carbocycles. The molecule has 2 heteroatoms. The van der Waals surface area contributed by atoms with Crippen molar-refractivity contribution < 1.29 is 0 Å². The van der Waals surface area contributed by atoms with Crippen LogP contribution >= 0.6 is 11.8 Å². The summed E-state index contributed by atoms with van der Waals surface area (Å²) in [6.45, 7) is 2.42. The molecule has 0 aromatic rings. The SMILES string of the molecule is CC(NC1CCSCC1)C1CC2C=CC1C2. The van der Waals surface area contributed by atoms with Crippen molar-refractivity contribution in [1.82, 2.24) is 5.32 Å². The highest BCUT2D eigenvalue weighted by Crippen LogP contribution is 2.45. The molecule has 3 rings (SSSR count). The van der Waals surface area contributed by atoms with Crippen LogP contribution in [0.25, 0.3) is 0 Å². The summed E-state index contributed by atoms with van der Waals surface area (Å²) < 4.78 is 0. The Balaban J connectivity index is 1.53. The number of nitrogens with one attached hydrogen (secondary N) is 1. The molecule has 0 radical (unpaired) electrons. The second-order valence-corrected chi connectivity index (χ2v) is 7.01. The van der Waals surface area contributed by atoms with Gasteiger partial charge in [-0.25, -0.2) is 0 Å². The molecule has 1 nitrogen and oxygen atoms in total. The molecule has 1 aliphatic heterocycles. The van der Waals surface area contributed by atoms with E-state index < -0.39 is 0 Å². The van der Waals surface area contributed by atoms with Crippen molar-refractivity contribution in [2.45, 2.75) is 44.7 Å². The van der Waals surface area contributed by atoms with Gasteiger partial charge in [-0.2, -0.15) is 11.8 Å². The van der Waals surface area contributed by atoms with E-state index in [1.165, 1.54) is 37.2 Å². The zero-order valence-corrected chi connectivity index (χ0v) is 11.0. The quantitative estimate of drug-likeness (QED) is 0.757. The topological polar surface area (TPSA) is 12.0 Å². The molecule has 3 aliphatic rings. The van der Waals surface area contributed by atoms with Gasteiger partial charge < -0.3 is 5.32 Å². The summed E-state index contributed by atoms with van der Waals surface area (Å²) in [7, 11) is 0. The Labute approximate surface area is 103 Å². The van der Waals surface area contributed by atoms with Crippen LogP contribution in [0, 0.1) is 17.8 Å². The summed E-state index contributed by atoms with van der Waals surface area (Å²) in [4.78, 5) is 0. The van der Waals surface area contributed by atoms with Gasteiger partial charge in [0.05, 0.1) is 0 Å². The van der Waals surface area contributed by atoms with Gasteiger partial charge in [-0.05, 0) is 61.9 Å². The van der Waals surface area contributed by atoms with Crippen LogP contribution in [0.5, 0.6) is 0 Å². The summed E-state index contributed by atoms with van der Waals surface area (Å²) >= 11 is 2.12. The average Bonchev–Trinajstić information content (AvgIpc) is 2.92. The van der Waals surface area contributed by atoms with Gasteiger partial charge in [-0.15, -0.1) is 0 Å². The fraction of sp³-hybridized carbons (Fsp3) is 0.857. The molecule has 2 aliphatic carbocycles. The summed E-state index contributed by atoms with van der Waals surface area (Å²) in [5.74, 6) is 5.46.